The monoisotopic (exact) mass is 444 g/mol. The number of hydrogen-bond acceptors (Lipinski definition) is 10. The smallest absolute Gasteiger partial charge is 0.200 e. The summed E-state index contributed by atoms with van der Waals surface area (Å²) >= 11 is 0. The second kappa shape index (κ2) is 10.9. The van der Waals surface area contributed by atoms with Gasteiger partial charge >= 0.3 is 0 Å². The zero-order valence-electron chi connectivity index (χ0n) is 17.6. The Bertz CT molecular complexity index is 995. The van der Waals surface area contributed by atoms with Gasteiger partial charge in [-0.15, -0.1) is 0 Å². The number of hydrogen-bond donors (Lipinski definition) is 8. The van der Waals surface area contributed by atoms with E-state index < -0.39 is 11.6 Å². The molecule has 0 spiro atoms. The predicted molar refractivity (Wildman–Crippen MR) is 120 cm³/mol. The van der Waals surface area contributed by atoms with E-state index in [0.29, 0.717) is 50.6 Å². The van der Waals surface area contributed by atoms with Crippen LogP contribution < -0.4 is 21.3 Å². The van der Waals surface area contributed by atoms with E-state index in [4.69, 9.17) is 10.2 Å². The van der Waals surface area contributed by atoms with Crippen molar-refractivity contribution in [1.82, 2.24) is 10.6 Å². The molecule has 10 heteroatoms. The highest BCUT2D eigenvalue weighted by atomic mass is 16.3. The lowest BCUT2D eigenvalue weighted by Crippen LogP contribution is -2.28. The molecule has 0 saturated heterocycles. The van der Waals surface area contributed by atoms with Crippen molar-refractivity contribution < 1.29 is 30.0 Å². The third kappa shape index (κ3) is 4.83. The first-order valence-corrected chi connectivity index (χ1v) is 10.4. The molecule has 10 nitrogen and oxygen atoms in total. The summed E-state index contributed by atoms with van der Waals surface area (Å²) in [5.74, 6) is -1.83. The second-order valence-corrected chi connectivity index (χ2v) is 7.22. The summed E-state index contributed by atoms with van der Waals surface area (Å²) in [6.07, 6.45) is 0. The van der Waals surface area contributed by atoms with Crippen LogP contribution in [0.1, 0.15) is 31.8 Å². The number of aromatic hydroxyl groups is 2. The van der Waals surface area contributed by atoms with Crippen molar-refractivity contribution in [2.45, 2.75) is 0 Å². The van der Waals surface area contributed by atoms with Gasteiger partial charge in [-0.1, -0.05) is 0 Å². The molecule has 0 aliphatic heterocycles. The molecule has 0 fully saturated rings. The molecule has 0 radical (unpaired) electrons. The molecule has 0 saturated carbocycles. The molecule has 0 unspecified atom stereocenters. The fourth-order valence-corrected chi connectivity index (χ4v) is 3.63. The Balaban J connectivity index is 1.96. The van der Waals surface area contributed by atoms with Crippen LogP contribution in [0.3, 0.4) is 0 Å². The van der Waals surface area contributed by atoms with Gasteiger partial charge < -0.3 is 41.7 Å². The SMILES string of the molecule is O=C1c2ccc(NCCNCCO)c(NCCNCCO)c2C(=O)c2c(O)ccc(O)c21. The topological polar surface area (TPSA) is 163 Å². The summed E-state index contributed by atoms with van der Waals surface area (Å²) in [6.45, 7) is 2.90. The van der Waals surface area contributed by atoms with E-state index in [1.807, 2.05) is 0 Å². The third-order valence-electron chi connectivity index (χ3n) is 5.09. The number of ketones is 2. The average Bonchev–Trinajstić information content (AvgIpc) is 2.78. The third-order valence-corrected chi connectivity index (χ3v) is 5.09. The fourth-order valence-electron chi connectivity index (χ4n) is 3.63. The number of aliphatic hydroxyl groups excluding tert-OH is 2. The van der Waals surface area contributed by atoms with E-state index in [0.717, 1.165) is 0 Å². The Morgan fingerprint density at radius 2 is 1.19 bits per heavy atom. The molecule has 1 aliphatic rings. The molecule has 0 aromatic heterocycles. The van der Waals surface area contributed by atoms with Gasteiger partial charge in [-0.25, -0.2) is 0 Å². The van der Waals surface area contributed by atoms with Crippen LogP contribution in [-0.2, 0) is 0 Å². The number of nitrogens with one attached hydrogen (secondary N) is 4. The summed E-state index contributed by atoms with van der Waals surface area (Å²) in [7, 11) is 0. The first-order valence-electron chi connectivity index (χ1n) is 10.4. The van der Waals surface area contributed by atoms with Crippen LogP contribution in [0, 0.1) is 0 Å². The van der Waals surface area contributed by atoms with E-state index in [1.165, 1.54) is 18.2 Å². The maximum atomic E-state index is 13.4. The number of benzene rings is 2. The number of aliphatic hydroxyl groups is 2. The minimum Gasteiger partial charge on any atom is -0.507 e. The number of carbonyl (C=O) groups excluding carboxylic acids is 2. The molecule has 32 heavy (non-hydrogen) atoms. The quantitative estimate of drug-likeness (QED) is 0.139. The van der Waals surface area contributed by atoms with Crippen LogP contribution in [0.4, 0.5) is 11.4 Å². The van der Waals surface area contributed by atoms with Gasteiger partial charge in [0, 0.05) is 44.8 Å². The average molecular weight is 444 g/mol. The number of phenols is 2. The van der Waals surface area contributed by atoms with Gasteiger partial charge in [0.25, 0.3) is 0 Å². The zero-order chi connectivity index (χ0) is 23.1. The van der Waals surface area contributed by atoms with E-state index in [9.17, 15) is 19.8 Å². The normalized spacial score (nSPS) is 12.4. The van der Waals surface area contributed by atoms with Gasteiger partial charge in [0.05, 0.1) is 41.3 Å². The largest absolute Gasteiger partial charge is 0.507 e. The highest BCUT2D eigenvalue weighted by Gasteiger charge is 2.36. The maximum Gasteiger partial charge on any atom is 0.200 e. The molecular weight excluding hydrogens is 416 g/mol. The van der Waals surface area contributed by atoms with Crippen LogP contribution in [0.25, 0.3) is 0 Å². The van der Waals surface area contributed by atoms with Crippen LogP contribution >= 0.6 is 0 Å². The van der Waals surface area contributed by atoms with Crippen LogP contribution in [0.2, 0.25) is 0 Å². The number of rotatable bonds is 12. The Kier molecular flexibility index (Phi) is 8.01. The summed E-state index contributed by atoms with van der Waals surface area (Å²) in [5.41, 5.74) is 0.859. The maximum absolute atomic E-state index is 13.4. The molecule has 2 aromatic rings. The van der Waals surface area contributed by atoms with E-state index >= 15 is 0 Å². The highest BCUT2D eigenvalue weighted by Crippen LogP contribution is 2.41. The van der Waals surface area contributed by atoms with E-state index in [1.54, 1.807) is 6.07 Å². The van der Waals surface area contributed by atoms with Crippen molar-refractivity contribution in [3.8, 4) is 11.5 Å². The van der Waals surface area contributed by atoms with Crippen molar-refractivity contribution in [3.63, 3.8) is 0 Å². The molecule has 172 valence electrons. The molecule has 0 bridgehead atoms. The van der Waals surface area contributed by atoms with E-state index in [2.05, 4.69) is 21.3 Å². The molecule has 0 heterocycles. The van der Waals surface area contributed by atoms with Gasteiger partial charge in [0.1, 0.15) is 11.5 Å². The number of carbonyl (C=O) groups is 2. The molecule has 1 aliphatic carbocycles. The van der Waals surface area contributed by atoms with Crippen molar-refractivity contribution in [2.24, 2.45) is 0 Å². The standard InChI is InChI=1S/C22H28N4O6/c27-11-9-23-5-7-25-14-2-1-13-17(20(14)26-8-6-24-10-12-28)22(32)19-16(30)4-3-15(29)18(19)21(13)31/h1-4,23-30H,5-12H2. The first-order chi connectivity index (χ1) is 15.5. The molecule has 0 amide bonds. The second-order valence-electron chi connectivity index (χ2n) is 7.22. The predicted octanol–water partition coefficient (Wildman–Crippen LogP) is -0.139. The Morgan fingerprint density at radius 3 is 1.78 bits per heavy atom. The Hall–Kier alpha value is -3.18. The molecule has 8 N–H and O–H groups in total. The van der Waals surface area contributed by atoms with Crippen molar-refractivity contribution >= 4 is 22.9 Å². The van der Waals surface area contributed by atoms with Gasteiger partial charge in [0.2, 0.25) is 5.78 Å². The van der Waals surface area contributed by atoms with Crippen molar-refractivity contribution in [2.75, 3.05) is 63.1 Å². The molecular formula is C22H28N4O6. The van der Waals surface area contributed by atoms with Gasteiger partial charge in [-0.05, 0) is 24.3 Å². The minimum absolute atomic E-state index is 0.000915. The zero-order valence-corrected chi connectivity index (χ0v) is 17.6. The Labute approximate surface area is 185 Å². The Morgan fingerprint density at radius 1 is 0.625 bits per heavy atom. The summed E-state index contributed by atoms with van der Waals surface area (Å²) in [6, 6.07) is 5.59. The lowest BCUT2D eigenvalue weighted by molar-refractivity contribution is 0.0975. The minimum atomic E-state index is -0.559. The molecule has 2 aromatic carbocycles. The fraction of sp³-hybridized carbons (Fsp3) is 0.364. The van der Waals surface area contributed by atoms with E-state index in [-0.39, 0.29) is 47.0 Å². The van der Waals surface area contributed by atoms with Crippen molar-refractivity contribution in [3.05, 3.63) is 46.5 Å². The molecule has 3 rings (SSSR count). The number of phenolic OH excluding ortho intramolecular Hbond substituents is 2. The van der Waals surface area contributed by atoms with Crippen molar-refractivity contribution in [1.29, 1.82) is 0 Å². The lowest BCUT2D eigenvalue weighted by Gasteiger charge is -2.24. The van der Waals surface area contributed by atoms with Gasteiger partial charge in [-0.3, -0.25) is 9.59 Å². The van der Waals surface area contributed by atoms with Crippen LogP contribution in [-0.4, -0.2) is 84.5 Å². The van der Waals surface area contributed by atoms with Gasteiger partial charge in [-0.2, -0.15) is 0 Å². The molecule has 0 atom stereocenters. The summed E-state index contributed by atoms with van der Waals surface area (Å²) in [4.78, 5) is 26.5. The lowest BCUT2D eigenvalue weighted by atomic mass is 9.81. The number of fused-ring (bicyclic) bond motifs is 2. The van der Waals surface area contributed by atoms with Gasteiger partial charge in [0.15, 0.2) is 5.78 Å². The van der Waals surface area contributed by atoms with Crippen LogP contribution in [0.5, 0.6) is 11.5 Å². The van der Waals surface area contributed by atoms with Crippen LogP contribution in [0.15, 0.2) is 24.3 Å². The number of anilines is 2. The first kappa shape index (κ1) is 23.5. The summed E-state index contributed by atoms with van der Waals surface area (Å²) < 4.78 is 0. The summed E-state index contributed by atoms with van der Waals surface area (Å²) in [5, 5.41) is 50.7. The highest BCUT2D eigenvalue weighted by molar-refractivity contribution is 6.32.